The van der Waals surface area contributed by atoms with E-state index in [-0.39, 0.29) is 5.91 Å². The number of hydrogen-bond donors (Lipinski definition) is 1. The number of anilines is 1. The molecule has 0 unspecified atom stereocenters. The Morgan fingerprint density at radius 1 is 1.11 bits per heavy atom. The standard InChI is InChI=1S/C22H30N2O3/c1-5-24(13-8-14-27-21-15-17(2)11-12-18(21)3)16-22(25)23-19-9-6-7-10-20(19)26-4/h6-7,9-12,15H,5,8,13-14,16H2,1-4H3,(H,23,25). The van der Waals surface area contributed by atoms with Gasteiger partial charge in [-0.25, -0.2) is 0 Å². The molecule has 0 saturated heterocycles. The molecule has 0 atom stereocenters. The summed E-state index contributed by atoms with van der Waals surface area (Å²) in [5, 5.41) is 2.92. The molecule has 0 aromatic heterocycles. The summed E-state index contributed by atoms with van der Waals surface area (Å²) in [6.07, 6.45) is 0.864. The number of hydrogen-bond acceptors (Lipinski definition) is 4. The number of methoxy groups -OCH3 is 1. The maximum atomic E-state index is 12.3. The highest BCUT2D eigenvalue weighted by Crippen LogP contribution is 2.23. The fraction of sp³-hybridized carbons (Fsp3) is 0.409. The Kier molecular flexibility index (Phi) is 8.14. The van der Waals surface area contributed by atoms with Gasteiger partial charge in [0.1, 0.15) is 11.5 Å². The van der Waals surface area contributed by atoms with Crippen LogP contribution in [0.3, 0.4) is 0 Å². The monoisotopic (exact) mass is 370 g/mol. The molecule has 0 aliphatic rings. The Bertz CT molecular complexity index is 746. The molecular formula is C22H30N2O3. The maximum Gasteiger partial charge on any atom is 0.238 e. The second-order valence-electron chi connectivity index (χ2n) is 6.59. The van der Waals surface area contributed by atoms with Crippen LogP contribution in [0.15, 0.2) is 42.5 Å². The largest absolute Gasteiger partial charge is 0.495 e. The minimum atomic E-state index is -0.0446. The smallest absolute Gasteiger partial charge is 0.238 e. The van der Waals surface area contributed by atoms with Crippen LogP contribution in [-0.2, 0) is 4.79 Å². The van der Waals surface area contributed by atoms with Crippen LogP contribution >= 0.6 is 0 Å². The van der Waals surface area contributed by atoms with Crippen molar-refractivity contribution >= 4 is 11.6 Å². The molecule has 1 amide bonds. The fourth-order valence-corrected chi connectivity index (χ4v) is 2.82. The van der Waals surface area contributed by atoms with Crippen LogP contribution in [0.5, 0.6) is 11.5 Å². The predicted octanol–water partition coefficient (Wildman–Crippen LogP) is 4.04. The summed E-state index contributed by atoms with van der Waals surface area (Å²) < 4.78 is 11.2. The Labute approximate surface area is 162 Å². The van der Waals surface area contributed by atoms with Crippen molar-refractivity contribution in [2.24, 2.45) is 0 Å². The first-order chi connectivity index (χ1) is 13.0. The minimum absolute atomic E-state index is 0.0446. The van der Waals surface area contributed by atoms with Gasteiger partial charge in [0.05, 0.1) is 25.9 Å². The third kappa shape index (κ3) is 6.61. The highest BCUT2D eigenvalue weighted by atomic mass is 16.5. The third-order valence-corrected chi connectivity index (χ3v) is 4.42. The van der Waals surface area contributed by atoms with Gasteiger partial charge in [-0.1, -0.05) is 31.2 Å². The quantitative estimate of drug-likeness (QED) is 0.641. The zero-order chi connectivity index (χ0) is 19.6. The average Bonchev–Trinajstić information content (AvgIpc) is 2.67. The van der Waals surface area contributed by atoms with E-state index in [9.17, 15) is 4.79 Å². The summed E-state index contributed by atoms with van der Waals surface area (Å²) in [6.45, 7) is 8.76. The third-order valence-electron chi connectivity index (χ3n) is 4.42. The number of amides is 1. The molecule has 0 heterocycles. The molecule has 0 aliphatic heterocycles. The van der Waals surface area contributed by atoms with Crippen LogP contribution in [-0.4, -0.2) is 44.2 Å². The van der Waals surface area contributed by atoms with Crippen molar-refractivity contribution in [3.8, 4) is 11.5 Å². The van der Waals surface area contributed by atoms with E-state index >= 15 is 0 Å². The van der Waals surface area contributed by atoms with Crippen LogP contribution in [0.25, 0.3) is 0 Å². The first-order valence-corrected chi connectivity index (χ1v) is 9.38. The number of nitrogens with one attached hydrogen (secondary N) is 1. The Hall–Kier alpha value is -2.53. The van der Waals surface area contributed by atoms with Gasteiger partial charge < -0.3 is 14.8 Å². The van der Waals surface area contributed by atoms with E-state index in [1.54, 1.807) is 7.11 Å². The van der Waals surface area contributed by atoms with Gasteiger partial charge in [0, 0.05) is 6.54 Å². The summed E-state index contributed by atoms with van der Waals surface area (Å²) in [6, 6.07) is 13.6. The van der Waals surface area contributed by atoms with Crippen molar-refractivity contribution in [3.05, 3.63) is 53.6 Å². The van der Waals surface area contributed by atoms with E-state index in [2.05, 4.69) is 49.2 Å². The van der Waals surface area contributed by atoms with Gasteiger partial charge in [-0.05, 0) is 56.1 Å². The normalized spacial score (nSPS) is 10.7. The molecule has 27 heavy (non-hydrogen) atoms. The summed E-state index contributed by atoms with van der Waals surface area (Å²) in [5.41, 5.74) is 3.03. The van der Waals surface area contributed by atoms with E-state index in [0.717, 1.165) is 30.8 Å². The number of ether oxygens (including phenoxy) is 2. The molecule has 0 aliphatic carbocycles. The lowest BCUT2D eigenvalue weighted by molar-refractivity contribution is -0.117. The maximum absolute atomic E-state index is 12.3. The average molecular weight is 370 g/mol. The molecule has 146 valence electrons. The number of para-hydroxylation sites is 2. The lowest BCUT2D eigenvalue weighted by atomic mass is 10.1. The van der Waals surface area contributed by atoms with Gasteiger partial charge in [0.15, 0.2) is 0 Å². The van der Waals surface area contributed by atoms with Crippen LogP contribution < -0.4 is 14.8 Å². The molecule has 2 rings (SSSR count). The first kappa shape index (κ1) is 20.8. The summed E-state index contributed by atoms with van der Waals surface area (Å²) >= 11 is 0. The summed E-state index contributed by atoms with van der Waals surface area (Å²) in [7, 11) is 1.60. The van der Waals surface area contributed by atoms with Gasteiger partial charge >= 0.3 is 0 Å². The zero-order valence-corrected chi connectivity index (χ0v) is 16.7. The molecule has 0 fully saturated rings. The topological polar surface area (TPSA) is 50.8 Å². The van der Waals surface area contributed by atoms with Crippen LogP contribution in [0.4, 0.5) is 5.69 Å². The molecule has 2 aromatic rings. The van der Waals surface area contributed by atoms with Gasteiger partial charge in [0.25, 0.3) is 0 Å². The van der Waals surface area contributed by atoms with Crippen LogP contribution in [0.1, 0.15) is 24.5 Å². The lowest BCUT2D eigenvalue weighted by Gasteiger charge is -2.20. The van der Waals surface area contributed by atoms with Crippen molar-refractivity contribution in [1.29, 1.82) is 0 Å². The molecular weight excluding hydrogens is 340 g/mol. The number of carbonyl (C=O) groups excluding carboxylic acids is 1. The SMILES string of the molecule is CCN(CCCOc1cc(C)ccc1C)CC(=O)Nc1ccccc1OC. The van der Waals surface area contributed by atoms with Gasteiger partial charge in [-0.3, -0.25) is 9.69 Å². The summed E-state index contributed by atoms with van der Waals surface area (Å²) in [5.74, 6) is 1.56. The second kappa shape index (κ2) is 10.6. The molecule has 0 saturated carbocycles. The molecule has 5 nitrogen and oxygen atoms in total. The number of rotatable bonds is 10. The highest BCUT2D eigenvalue weighted by molar-refractivity contribution is 5.93. The van der Waals surface area contributed by atoms with E-state index < -0.39 is 0 Å². The number of likely N-dealkylation sites (N-methyl/N-ethyl adjacent to an activating group) is 1. The first-order valence-electron chi connectivity index (χ1n) is 9.38. The number of benzene rings is 2. The van der Waals surface area contributed by atoms with Crippen LogP contribution in [0, 0.1) is 13.8 Å². The van der Waals surface area contributed by atoms with Crippen molar-refractivity contribution in [1.82, 2.24) is 4.90 Å². The van der Waals surface area contributed by atoms with E-state index in [1.165, 1.54) is 5.56 Å². The van der Waals surface area contributed by atoms with Crippen molar-refractivity contribution in [2.75, 3.05) is 38.7 Å². The Balaban J connectivity index is 1.78. The minimum Gasteiger partial charge on any atom is -0.495 e. The van der Waals surface area contributed by atoms with Crippen molar-refractivity contribution in [3.63, 3.8) is 0 Å². The second-order valence-corrected chi connectivity index (χ2v) is 6.59. The number of carbonyl (C=O) groups is 1. The molecule has 5 heteroatoms. The van der Waals surface area contributed by atoms with Crippen LogP contribution in [0.2, 0.25) is 0 Å². The Morgan fingerprint density at radius 2 is 1.89 bits per heavy atom. The van der Waals surface area contributed by atoms with Gasteiger partial charge in [-0.2, -0.15) is 0 Å². The van der Waals surface area contributed by atoms with Crippen molar-refractivity contribution in [2.45, 2.75) is 27.2 Å². The lowest BCUT2D eigenvalue weighted by Crippen LogP contribution is -2.34. The summed E-state index contributed by atoms with van der Waals surface area (Å²) in [4.78, 5) is 14.5. The highest BCUT2D eigenvalue weighted by Gasteiger charge is 2.11. The molecule has 1 N–H and O–H groups in total. The molecule has 0 radical (unpaired) electrons. The number of aryl methyl sites for hydroxylation is 2. The molecule has 2 aromatic carbocycles. The van der Waals surface area contributed by atoms with Gasteiger partial charge in [0.2, 0.25) is 5.91 Å². The molecule has 0 spiro atoms. The molecule has 0 bridgehead atoms. The van der Waals surface area contributed by atoms with E-state index in [0.29, 0.717) is 24.6 Å². The van der Waals surface area contributed by atoms with E-state index in [4.69, 9.17) is 9.47 Å². The predicted molar refractivity (Wildman–Crippen MR) is 110 cm³/mol. The Morgan fingerprint density at radius 3 is 2.63 bits per heavy atom. The number of nitrogens with zero attached hydrogens (tertiary/aromatic N) is 1. The van der Waals surface area contributed by atoms with Gasteiger partial charge in [-0.15, -0.1) is 0 Å². The fourth-order valence-electron chi connectivity index (χ4n) is 2.82. The van der Waals surface area contributed by atoms with Crippen molar-refractivity contribution < 1.29 is 14.3 Å². The van der Waals surface area contributed by atoms with E-state index in [1.807, 2.05) is 24.3 Å². The zero-order valence-electron chi connectivity index (χ0n) is 16.7.